The van der Waals surface area contributed by atoms with Crippen molar-refractivity contribution < 1.29 is 49.4 Å². The SMILES string of the molecule is CCCCCCCCCC(=O)NC(C(=O)[O-])C(C)O.[Na+]. The molecule has 0 aromatic rings. The standard InChI is InChI=1S/C14H27NO4.Na/c1-3-4-5-6-7-8-9-10-12(17)15-13(11(2)16)14(18)19;/h11,13,16H,3-10H2,1-2H3,(H,15,17)(H,18,19);/q;+1/p-1. The average molecular weight is 295 g/mol. The van der Waals surface area contributed by atoms with Crippen LogP contribution in [0.4, 0.5) is 0 Å². The maximum absolute atomic E-state index is 11.5. The molecule has 0 spiro atoms. The Bertz CT molecular complexity index is 272. The number of hydrogen-bond donors (Lipinski definition) is 2. The Balaban J connectivity index is 0. The Kier molecular flexibility index (Phi) is 15.4. The van der Waals surface area contributed by atoms with Crippen molar-refractivity contribution in [1.29, 1.82) is 0 Å². The van der Waals surface area contributed by atoms with E-state index in [1.807, 2.05) is 0 Å². The molecule has 112 valence electrons. The van der Waals surface area contributed by atoms with Gasteiger partial charge in [-0.25, -0.2) is 0 Å². The summed E-state index contributed by atoms with van der Waals surface area (Å²) in [6, 6.07) is -1.32. The van der Waals surface area contributed by atoms with Gasteiger partial charge in [0.25, 0.3) is 0 Å². The summed E-state index contributed by atoms with van der Waals surface area (Å²) in [5.74, 6) is -1.80. The van der Waals surface area contributed by atoms with Crippen molar-refractivity contribution in [2.45, 2.75) is 77.4 Å². The number of carbonyl (C=O) groups excluding carboxylic acids is 2. The number of aliphatic carboxylic acids is 1. The normalized spacial score (nSPS) is 13.2. The van der Waals surface area contributed by atoms with Crippen LogP contribution >= 0.6 is 0 Å². The Hall–Kier alpha value is -0.100. The smallest absolute Gasteiger partial charge is 0.548 e. The molecular formula is C14H26NNaO4. The zero-order valence-corrected chi connectivity index (χ0v) is 15.0. The number of amides is 1. The van der Waals surface area contributed by atoms with E-state index in [0.29, 0.717) is 6.42 Å². The van der Waals surface area contributed by atoms with E-state index in [2.05, 4.69) is 12.2 Å². The molecule has 0 saturated carbocycles. The number of carbonyl (C=O) groups is 2. The molecular weight excluding hydrogens is 269 g/mol. The quantitative estimate of drug-likeness (QED) is 0.333. The molecule has 20 heavy (non-hydrogen) atoms. The average Bonchev–Trinajstić information content (AvgIpc) is 2.34. The van der Waals surface area contributed by atoms with E-state index in [-0.39, 0.29) is 35.5 Å². The van der Waals surface area contributed by atoms with Crippen molar-refractivity contribution >= 4 is 11.9 Å². The van der Waals surface area contributed by atoms with Gasteiger partial charge in [-0.3, -0.25) is 4.79 Å². The fourth-order valence-corrected chi connectivity index (χ4v) is 1.86. The van der Waals surface area contributed by atoms with E-state index in [1.54, 1.807) is 0 Å². The Labute approximate surface area is 143 Å². The van der Waals surface area contributed by atoms with Crippen molar-refractivity contribution in [3.63, 3.8) is 0 Å². The first-order valence-corrected chi connectivity index (χ1v) is 7.17. The van der Waals surface area contributed by atoms with Gasteiger partial charge in [-0.15, -0.1) is 0 Å². The zero-order chi connectivity index (χ0) is 14.7. The minimum Gasteiger partial charge on any atom is -0.548 e. The fraction of sp³-hybridized carbons (Fsp3) is 0.857. The van der Waals surface area contributed by atoms with Crippen LogP contribution in [-0.4, -0.2) is 29.1 Å². The first-order valence-electron chi connectivity index (χ1n) is 7.17. The van der Waals surface area contributed by atoms with Gasteiger partial charge >= 0.3 is 29.6 Å². The number of nitrogens with one attached hydrogen (secondary N) is 1. The number of hydrogen-bond acceptors (Lipinski definition) is 4. The molecule has 0 rings (SSSR count). The molecule has 1 amide bonds. The topological polar surface area (TPSA) is 89.5 Å². The van der Waals surface area contributed by atoms with E-state index >= 15 is 0 Å². The minimum atomic E-state index is -1.46. The largest absolute Gasteiger partial charge is 1.00 e. The van der Waals surface area contributed by atoms with Gasteiger partial charge in [-0.2, -0.15) is 0 Å². The Morgan fingerprint density at radius 3 is 2.05 bits per heavy atom. The van der Waals surface area contributed by atoms with Crippen LogP contribution in [0.3, 0.4) is 0 Å². The summed E-state index contributed by atoms with van der Waals surface area (Å²) >= 11 is 0. The second kappa shape index (κ2) is 13.9. The number of rotatable bonds is 11. The summed E-state index contributed by atoms with van der Waals surface area (Å²) in [7, 11) is 0. The van der Waals surface area contributed by atoms with Crippen molar-refractivity contribution in [2.24, 2.45) is 0 Å². The predicted octanol–water partition coefficient (Wildman–Crippen LogP) is -2.25. The van der Waals surface area contributed by atoms with Gasteiger partial charge in [0.2, 0.25) is 5.91 Å². The molecule has 2 atom stereocenters. The molecule has 0 aromatic heterocycles. The van der Waals surface area contributed by atoms with Crippen LogP contribution in [0.1, 0.15) is 65.2 Å². The molecule has 0 fully saturated rings. The number of aliphatic hydroxyl groups is 1. The molecule has 6 heteroatoms. The summed E-state index contributed by atoms with van der Waals surface area (Å²) in [5, 5.41) is 22.1. The minimum absolute atomic E-state index is 0. The molecule has 0 aliphatic heterocycles. The first-order chi connectivity index (χ1) is 8.99. The van der Waals surface area contributed by atoms with Crippen molar-refractivity contribution in [3.8, 4) is 0 Å². The zero-order valence-electron chi connectivity index (χ0n) is 13.0. The van der Waals surface area contributed by atoms with E-state index in [4.69, 9.17) is 0 Å². The third-order valence-electron chi connectivity index (χ3n) is 3.06. The number of carboxylic acid groups (broad SMARTS) is 1. The molecule has 2 N–H and O–H groups in total. The Morgan fingerprint density at radius 1 is 1.10 bits per heavy atom. The molecule has 0 aliphatic rings. The van der Waals surface area contributed by atoms with Crippen molar-refractivity contribution in [2.75, 3.05) is 0 Å². The van der Waals surface area contributed by atoms with Crippen LogP contribution in [0.15, 0.2) is 0 Å². The molecule has 0 aromatic carbocycles. The van der Waals surface area contributed by atoms with Crippen LogP contribution in [0.25, 0.3) is 0 Å². The maximum atomic E-state index is 11.5. The Morgan fingerprint density at radius 2 is 1.60 bits per heavy atom. The summed E-state index contributed by atoms with van der Waals surface area (Å²) in [6.07, 6.45) is 6.86. The monoisotopic (exact) mass is 295 g/mol. The van der Waals surface area contributed by atoms with E-state index < -0.39 is 18.1 Å². The van der Waals surface area contributed by atoms with E-state index in [1.165, 1.54) is 32.6 Å². The fourth-order valence-electron chi connectivity index (χ4n) is 1.86. The van der Waals surface area contributed by atoms with Gasteiger partial charge in [-0.1, -0.05) is 45.4 Å². The predicted molar refractivity (Wildman–Crippen MR) is 71.2 cm³/mol. The van der Waals surface area contributed by atoms with Crippen LogP contribution in [0.2, 0.25) is 0 Å². The van der Waals surface area contributed by atoms with Crippen molar-refractivity contribution in [1.82, 2.24) is 5.32 Å². The second-order valence-electron chi connectivity index (χ2n) is 4.98. The maximum Gasteiger partial charge on any atom is 1.00 e. The van der Waals surface area contributed by atoms with Gasteiger partial charge < -0.3 is 20.3 Å². The van der Waals surface area contributed by atoms with Gasteiger partial charge in [-0.05, 0) is 13.3 Å². The van der Waals surface area contributed by atoms with Crippen LogP contribution in [0, 0.1) is 0 Å². The number of unbranched alkanes of at least 4 members (excludes halogenated alkanes) is 6. The van der Waals surface area contributed by atoms with Gasteiger partial charge in [0.1, 0.15) is 0 Å². The molecule has 2 unspecified atom stereocenters. The summed E-state index contributed by atoms with van der Waals surface area (Å²) < 4.78 is 0. The van der Waals surface area contributed by atoms with Crippen molar-refractivity contribution in [3.05, 3.63) is 0 Å². The number of aliphatic hydroxyl groups excluding tert-OH is 1. The number of carboxylic acids is 1. The molecule has 5 nitrogen and oxygen atoms in total. The van der Waals surface area contributed by atoms with Crippen LogP contribution in [-0.2, 0) is 9.59 Å². The van der Waals surface area contributed by atoms with E-state index in [0.717, 1.165) is 19.3 Å². The van der Waals surface area contributed by atoms with Crippen LogP contribution in [0.5, 0.6) is 0 Å². The molecule has 0 saturated heterocycles. The molecule has 0 aliphatic carbocycles. The summed E-state index contributed by atoms with van der Waals surface area (Å²) in [5.41, 5.74) is 0. The van der Waals surface area contributed by atoms with Crippen LogP contribution < -0.4 is 40.0 Å². The molecule has 0 heterocycles. The molecule has 0 bridgehead atoms. The third kappa shape index (κ3) is 11.7. The molecule has 0 radical (unpaired) electrons. The van der Waals surface area contributed by atoms with E-state index in [9.17, 15) is 19.8 Å². The summed E-state index contributed by atoms with van der Waals surface area (Å²) in [6.45, 7) is 3.48. The van der Waals surface area contributed by atoms with Gasteiger partial charge in [0.15, 0.2) is 0 Å². The second-order valence-corrected chi connectivity index (χ2v) is 4.98. The first kappa shape index (κ1) is 22.2. The summed E-state index contributed by atoms with van der Waals surface area (Å²) in [4.78, 5) is 22.2. The third-order valence-corrected chi connectivity index (χ3v) is 3.06. The van der Waals surface area contributed by atoms with Gasteiger partial charge in [0, 0.05) is 6.42 Å². The van der Waals surface area contributed by atoms with Gasteiger partial charge in [0.05, 0.1) is 18.1 Å².